The second kappa shape index (κ2) is 12.6. The van der Waals surface area contributed by atoms with E-state index in [1.807, 2.05) is 32.9 Å². The first-order chi connectivity index (χ1) is 19.0. The van der Waals surface area contributed by atoms with Crippen molar-refractivity contribution in [2.24, 2.45) is 5.73 Å². The first kappa shape index (κ1) is 30.2. The second-order valence-corrected chi connectivity index (χ2v) is 9.54. The maximum atomic E-state index is 12.9. The third kappa shape index (κ3) is 6.60. The van der Waals surface area contributed by atoms with Gasteiger partial charge in [-0.05, 0) is 49.9 Å². The van der Waals surface area contributed by atoms with Crippen LogP contribution in [0.3, 0.4) is 0 Å². The highest BCUT2D eigenvalue weighted by atomic mass is 16.6. The van der Waals surface area contributed by atoms with E-state index in [1.54, 1.807) is 12.1 Å². The summed E-state index contributed by atoms with van der Waals surface area (Å²) in [5.74, 6) is -0.204. The number of aliphatic carboxylic acids is 1. The molecule has 0 saturated carbocycles. The lowest BCUT2D eigenvalue weighted by Gasteiger charge is -2.24. The number of aromatic amines is 1. The predicted molar refractivity (Wildman–Crippen MR) is 150 cm³/mol. The van der Waals surface area contributed by atoms with Crippen LogP contribution in [0.4, 0.5) is 0 Å². The van der Waals surface area contributed by atoms with E-state index >= 15 is 0 Å². The molecule has 0 aliphatic carbocycles. The van der Waals surface area contributed by atoms with Crippen LogP contribution in [-0.2, 0) is 14.3 Å². The quantitative estimate of drug-likeness (QED) is 0.210. The molecule has 0 bridgehead atoms. The molecule has 214 valence electrons. The number of nitrogens with two attached hydrogens (primary N) is 1. The van der Waals surface area contributed by atoms with Crippen LogP contribution in [0.1, 0.15) is 37.3 Å². The van der Waals surface area contributed by atoms with E-state index in [9.17, 15) is 19.5 Å². The molecule has 1 heterocycles. The number of benzene rings is 2. The van der Waals surface area contributed by atoms with Gasteiger partial charge in [-0.1, -0.05) is 13.0 Å². The summed E-state index contributed by atoms with van der Waals surface area (Å²) >= 11 is 0. The van der Waals surface area contributed by atoms with E-state index in [-0.39, 0.29) is 18.6 Å². The van der Waals surface area contributed by atoms with Crippen LogP contribution < -0.4 is 25.5 Å². The molecule has 3 rings (SSSR count). The van der Waals surface area contributed by atoms with Gasteiger partial charge in [0.15, 0.2) is 0 Å². The minimum Gasteiger partial charge on any atom is -0.497 e. The number of carbonyl (C=O) groups is 2. The van der Waals surface area contributed by atoms with Gasteiger partial charge in [0.25, 0.3) is 5.56 Å². The standard InChI is InChI=1S/C29H35N3O8/c1-7-9-29(30,28(35)36)14-23(33)39-15-19(8-2)40-25-16(3)10-18(11-17(25)4)26-31-21-12-20(37-5)13-22(38-6)24(21)27(34)32-26/h7,10-13,19H,1,8-9,14-15,30H2,2-6H3,(H,35,36)(H,31,32,34). The number of ether oxygens (including phenoxy) is 4. The van der Waals surface area contributed by atoms with Crippen molar-refractivity contribution in [1.82, 2.24) is 9.97 Å². The molecule has 40 heavy (non-hydrogen) atoms. The number of aryl methyl sites for hydroxylation is 2. The first-order valence-electron chi connectivity index (χ1n) is 12.7. The maximum Gasteiger partial charge on any atom is 0.324 e. The van der Waals surface area contributed by atoms with Crippen LogP contribution in [0.25, 0.3) is 22.3 Å². The number of carboxylic acid groups (broad SMARTS) is 1. The Kier molecular flexibility index (Phi) is 9.54. The Morgan fingerprint density at radius 1 is 1.18 bits per heavy atom. The Hall–Kier alpha value is -4.38. The lowest BCUT2D eigenvalue weighted by Crippen LogP contribution is -2.49. The van der Waals surface area contributed by atoms with Crippen LogP contribution in [-0.4, -0.2) is 59.5 Å². The molecule has 11 nitrogen and oxygen atoms in total. The number of aromatic nitrogens is 2. The molecule has 3 aromatic rings. The van der Waals surface area contributed by atoms with E-state index in [2.05, 4.69) is 16.5 Å². The summed E-state index contributed by atoms with van der Waals surface area (Å²) in [6, 6.07) is 6.98. The van der Waals surface area contributed by atoms with Gasteiger partial charge < -0.3 is 34.8 Å². The number of H-pyrrole nitrogens is 1. The first-order valence-corrected chi connectivity index (χ1v) is 12.7. The Morgan fingerprint density at radius 2 is 1.85 bits per heavy atom. The highest BCUT2D eigenvalue weighted by Crippen LogP contribution is 2.32. The van der Waals surface area contributed by atoms with Crippen molar-refractivity contribution in [3.63, 3.8) is 0 Å². The molecule has 0 fully saturated rings. The summed E-state index contributed by atoms with van der Waals surface area (Å²) in [6.07, 6.45) is 0.824. The zero-order chi connectivity index (χ0) is 29.6. The predicted octanol–water partition coefficient (Wildman–Crippen LogP) is 3.67. The molecule has 11 heteroatoms. The highest BCUT2D eigenvalue weighted by molar-refractivity contribution is 5.87. The fourth-order valence-electron chi connectivity index (χ4n) is 4.29. The van der Waals surface area contributed by atoms with Gasteiger partial charge in [0.2, 0.25) is 0 Å². The smallest absolute Gasteiger partial charge is 0.324 e. The molecule has 0 aliphatic heterocycles. The average molecular weight is 554 g/mol. The van der Waals surface area contributed by atoms with Gasteiger partial charge in [-0.25, -0.2) is 4.98 Å². The molecule has 2 atom stereocenters. The number of hydrogen-bond acceptors (Lipinski definition) is 9. The van der Waals surface area contributed by atoms with E-state index in [0.717, 1.165) is 11.1 Å². The van der Waals surface area contributed by atoms with Crippen molar-refractivity contribution in [1.29, 1.82) is 0 Å². The molecule has 1 aromatic heterocycles. The Labute approximate surface area is 231 Å². The lowest BCUT2D eigenvalue weighted by molar-refractivity contribution is -0.154. The summed E-state index contributed by atoms with van der Waals surface area (Å²) in [6.45, 7) is 9.02. The van der Waals surface area contributed by atoms with Gasteiger partial charge in [-0.3, -0.25) is 14.4 Å². The molecule has 2 aromatic carbocycles. The third-order valence-electron chi connectivity index (χ3n) is 6.50. The van der Waals surface area contributed by atoms with E-state index in [4.69, 9.17) is 24.7 Å². The van der Waals surface area contributed by atoms with Gasteiger partial charge in [0.05, 0.1) is 26.2 Å². The van der Waals surface area contributed by atoms with E-state index in [1.165, 1.54) is 20.3 Å². The minimum absolute atomic E-state index is 0.0751. The molecule has 0 radical (unpaired) electrons. The monoisotopic (exact) mass is 553 g/mol. The van der Waals surface area contributed by atoms with Gasteiger partial charge >= 0.3 is 11.9 Å². The number of methoxy groups -OCH3 is 2. The van der Waals surface area contributed by atoms with Crippen molar-refractivity contribution >= 4 is 22.8 Å². The third-order valence-corrected chi connectivity index (χ3v) is 6.50. The number of nitrogens with one attached hydrogen (secondary N) is 1. The zero-order valence-electron chi connectivity index (χ0n) is 23.3. The van der Waals surface area contributed by atoms with Crippen LogP contribution in [0.2, 0.25) is 0 Å². The molecule has 0 spiro atoms. The van der Waals surface area contributed by atoms with E-state index in [0.29, 0.717) is 46.0 Å². The fraction of sp³-hybridized carbons (Fsp3) is 0.379. The molecule has 0 aliphatic rings. The fourth-order valence-corrected chi connectivity index (χ4v) is 4.29. The van der Waals surface area contributed by atoms with Crippen LogP contribution in [0.5, 0.6) is 17.2 Å². The number of hydrogen-bond donors (Lipinski definition) is 3. The van der Waals surface area contributed by atoms with Crippen LogP contribution >= 0.6 is 0 Å². The van der Waals surface area contributed by atoms with Crippen molar-refractivity contribution < 1.29 is 33.6 Å². The van der Waals surface area contributed by atoms with Crippen molar-refractivity contribution in [2.75, 3.05) is 20.8 Å². The maximum absolute atomic E-state index is 12.9. The number of esters is 1. The lowest BCUT2D eigenvalue weighted by atomic mass is 9.93. The Morgan fingerprint density at radius 3 is 2.40 bits per heavy atom. The van der Waals surface area contributed by atoms with Gasteiger partial charge in [-0.2, -0.15) is 0 Å². The number of rotatable bonds is 13. The molecular weight excluding hydrogens is 518 g/mol. The number of fused-ring (bicyclic) bond motifs is 1. The van der Waals surface area contributed by atoms with Gasteiger partial charge in [0.1, 0.15) is 46.7 Å². The SMILES string of the molecule is C=CCC(N)(CC(=O)OCC(CC)Oc1c(C)cc(-c2nc3cc(OC)cc(OC)c3c(=O)[nH]2)cc1C)C(=O)O. The Bertz CT molecular complexity index is 1460. The minimum atomic E-state index is -1.78. The summed E-state index contributed by atoms with van der Waals surface area (Å²) < 4.78 is 22.2. The van der Waals surface area contributed by atoms with Crippen LogP contribution in [0.15, 0.2) is 41.7 Å². The average Bonchev–Trinajstić information content (AvgIpc) is 2.91. The molecule has 0 amide bonds. The summed E-state index contributed by atoms with van der Waals surface area (Å²) in [4.78, 5) is 44.2. The summed E-state index contributed by atoms with van der Waals surface area (Å²) in [7, 11) is 3.00. The highest BCUT2D eigenvalue weighted by Gasteiger charge is 2.36. The topological polar surface area (TPSA) is 163 Å². The summed E-state index contributed by atoms with van der Waals surface area (Å²) in [5, 5.41) is 9.69. The Balaban J connectivity index is 1.82. The van der Waals surface area contributed by atoms with Crippen molar-refractivity contribution in [3.8, 4) is 28.6 Å². The number of nitrogens with zero attached hydrogens (tertiary/aromatic N) is 1. The molecule has 4 N–H and O–H groups in total. The van der Waals surface area contributed by atoms with Crippen molar-refractivity contribution in [2.45, 2.75) is 51.7 Å². The molecule has 0 saturated heterocycles. The normalized spacial score (nSPS) is 13.2. The van der Waals surface area contributed by atoms with E-state index < -0.39 is 30.0 Å². The van der Waals surface area contributed by atoms with Gasteiger partial charge in [0, 0.05) is 17.7 Å². The van der Waals surface area contributed by atoms with Crippen molar-refractivity contribution in [3.05, 3.63) is 58.4 Å². The second-order valence-electron chi connectivity index (χ2n) is 9.54. The number of carbonyl (C=O) groups excluding carboxylic acids is 1. The summed E-state index contributed by atoms with van der Waals surface area (Å²) in [5.41, 5.74) is 6.38. The van der Waals surface area contributed by atoms with Gasteiger partial charge in [-0.15, -0.1) is 6.58 Å². The number of carboxylic acids is 1. The zero-order valence-corrected chi connectivity index (χ0v) is 23.3. The largest absolute Gasteiger partial charge is 0.497 e. The molecular formula is C29H35N3O8. The van der Waals surface area contributed by atoms with Crippen LogP contribution in [0, 0.1) is 13.8 Å². The molecule has 2 unspecified atom stereocenters.